The molecule has 0 unspecified atom stereocenters. The van der Waals surface area contributed by atoms with E-state index >= 15 is 0 Å². The van der Waals surface area contributed by atoms with Gasteiger partial charge in [-0.3, -0.25) is 14.9 Å². The Balaban J connectivity index is 2.56. The van der Waals surface area contributed by atoms with Gasteiger partial charge in [-0.05, 0) is 32.1 Å². The Labute approximate surface area is 123 Å². The molecule has 0 fully saturated rings. The van der Waals surface area contributed by atoms with E-state index in [4.69, 9.17) is 0 Å². The minimum atomic E-state index is -0.762. The Morgan fingerprint density at radius 3 is 2.62 bits per heavy atom. The van der Waals surface area contributed by atoms with Crippen LogP contribution in [0.15, 0.2) is 18.2 Å². The van der Waals surface area contributed by atoms with Crippen molar-refractivity contribution in [3.8, 4) is 0 Å². The van der Waals surface area contributed by atoms with Gasteiger partial charge in [0.25, 0.3) is 11.6 Å². The second-order valence-electron chi connectivity index (χ2n) is 4.56. The van der Waals surface area contributed by atoms with Gasteiger partial charge in [0.05, 0.1) is 10.5 Å². The smallest absolute Gasteiger partial charge is 0.270 e. The summed E-state index contributed by atoms with van der Waals surface area (Å²) in [5.74, 6) is -1.39. The number of amides is 1. The van der Waals surface area contributed by atoms with Crippen LogP contribution in [0.5, 0.6) is 0 Å². The zero-order chi connectivity index (χ0) is 15.8. The van der Waals surface area contributed by atoms with Gasteiger partial charge in [0.1, 0.15) is 5.82 Å². The highest BCUT2D eigenvalue weighted by Gasteiger charge is 2.16. The zero-order valence-electron chi connectivity index (χ0n) is 12.3. The number of carbonyl (C=O) groups is 1. The highest BCUT2D eigenvalue weighted by molar-refractivity contribution is 5.95. The fourth-order valence-electron chi connectivity index (χ4n) is 1.94. The van der Waals surface area contributed by atoms with Crippen molar-refractivity contribution >= 4 is 11.6 Å². The second-order valence-corrected chi connectivity index (χ2v) is 4.56. The monoisotopic (exact) mass is 297 g/mol. The number of halogens is 1. The summed E-state index contributed by atoms with van der Waals surface area (Å²) >= 11 is 0. The number of hydrogen-bond donors (Lipinski definition) is 1. The molecule has 0 bridgehead atoms. The fraction of sp³-hybridized carbons (Fsp3) is 0.500. The molecule has 0 radical (unpaired) electrons. The lowest BCUT2D eigenvalue weighted by Gasteiger charge is -2.17. The van der Waals surface area contributed by atoms with E-state index < -0.39 is 16.6 Å². The lowest BCUT2D eigenvalue weighted by atomic mass is 10.1. The largest absolute Gasteiger partial charge is 0.352 e. The molecule has 0 saturated carbocycles. The van der Waals surface area contributed by atoms with E-state index in [9.17, 15) is 19.3 Å². The van der Waals surface area contributed by atoms with Gasteiger partial charge in [-0.2, -0.15) is 0 Å². The molecule has 0 saturated heterocycles. The van der Waals surface area contributed by atoms with Crippen LogP contribution >= 0.6 is 0 Å². The van der Waals surface area contributed by atoms with Gasteiger partial charge < -0.3 is 10.2 Å². The summed E-state index contributed by atoms with van der Waals surface area (Å²) in [6.45, 7) is 7.22. The molecule has 1 rings (SSSR count). The van der Waals surface area contributed by atoms with Gasteiger partial charge in [0.2, 0.25) is 0 Å². The van der Waals surface area contributed by atoms with Crippen molar-refractivity contribution in [3.63, 3.8) is 0 Å². The SMILES string of the molecule is CCN(CC)CCCNC(=O)c1cc([N+](=O)[O-])ccc1F. The number of nitrogens with one attached hydrogen (secondary N) is 1. The first-order chi connectivity index (χ1) is 9.99. The summed E-state index contributed by atoms with van der Waals surface area (Å²) in [7, 11) is 0. The Morgan fingerprint density at radius 2 is 2.05 bits per heavy atom. The quantitative estimate of drug-likeness (QED) is 0.453. The van der Waals surface area contributed by atoms with Crippen LogP contribution in [0, 0.1) is 15.9 Å². The summed E-state index contributed by atoms with van der Waals surface area (Å²) in [5, 5.41) is 13.2. The molecule has 0 aliphatic heterocycles. The first kappa shape index (κ1) is 17.0. The van der Waals surface area contributed by atoms with Crippen LogP contribution in [0.3, 0.4) is 0 Å². The number of benzene rings is 1. The summed E-state index contributed by atoms with van der Waals surface area (Å²) in [6, 6.07) is 2.92. The van der Waals surface area contributed by atoms with Crippen molar-refractivity contribution in [2.75, 3.05) is 26.2 Å². The number of hydrogen-bond acceptors (Lipinski definition) is 4. The van der Waals surface area contributed by atoms with Gasteiger partial charge in [0, 0.05) is 18.7 Å². The lowest BCUT2D eigenvalue weighted by Crippen LogP contribution is -2.30. The Hall–Kier alpha value is -2.02. The van der Waals surface area contributed by atoms with Crippen molar-refractivity contribution in [2.45, 2.75) is 20.3 Å². The third kappa shape index (κ3) is 5.11. The minimum Gasteiger partial charge on any atom is -0.352 e. The number of nitro groups is 1. The molecule has 7 heteroatoms. The molecule has 21 heavy (non-hydrogen) atoms. The maximum Gasteiger partial charge on any atom is 0.270 e. The van der Waals surface area contributed by atoms with Crippen molar-refractivity contribution in [2.24, 2.45) is 0 Å². The van der Waals surface area contributed by atoms with E-state index in [-0.39, 0.29) is 11.3 Å². The molecule has 116 valence electrons. The minimum absolute atomic E-state index is 0.299. The Bertz CT molecular complexity index is 504. The van der Waals surface area contributed by atoms with Crippen molar-refractivity contribution in [3.05, 3.63) is 39.7 Å². The normalized spacial score (nSPS) is 10.7. The molecular formula is C14H20FN3O3. The second kappa shape index (κ2) is 8.31. The highest BCUT2D eigenvalue weighted by Crippen LogP contribution is 2.16. The molecule has 1 amide bonds. The molecule has 0 atom stereocenters. The molecule has 1 N–H and O–H groups in total. The lowest BCUT2D eigenvalue weighted by molar-refractivity contribution is -0.384. The Morgan fingerprint density at radius 1 is 1.38 bits per heavy atom. The van der Waals surface area contributed by atoms with Crippen LogP contribution in [0.2, 0.25) is 0 Å². The molecule has 6 nitrogen and oxygen atoms in total. The third-order valence-electron chi connectivity index (χ3n) is 3.24. The van der Waals surface area contributed by atoms with Crippen molar-refractivity contribution in [1.29, 1.82) is 0 Å². The number of non-ortho nitro benzene ring substituents is 1. The Kier molecular flexibility index (Phi) is 6.74. The van der Waals surface area contributed by atoms with E-state index in [1.165, 1.54) is 0 Å². The molecule has 0 heterocycles. The maximum absolute atomic E-state index is 13.5. The first-order valence-corrected chi connectivity index (χ1v) is 6.94. The maximum atomic E-state index is 13.5. The van der Waals surface area contributed by atoms with E-state index in [0.717, 1.165) is 44.3 Å². The molecule has 0 aliphatic rings. The van der Waals surface area contributed by atoms with Crippen LogP contribution in [-0.2, 0) is 0 Å². The van der Waals surface area contributed by atoms with Gasteiger partial charge >= 0.3 is 0 Å². The third-order valence-corrected chi connectivity index (χ3v) is 3.24. The number of carbonyl (C=O) groups excluding carboxylic acids is 1. The van der Waals surface area contributed by atoms with Gasteiger partial charge in [0.15, 0.2) is 0 Å². The zero-order valence-corrected chi connectivity index (χ0v) is 12.3. The standard InChI is InChI=1S/C14H20FN3O3/c1-3-17(4-2)9-5-8-16-14(19)12-10-11(18(20)21)6-7-13(12)15/h6-7,10H,3-5,8-9H2,1-2H3,(H,16,19). The van der Waals surface area contributed by atoms with Crippen LogP contribution in [0.1, 0.15) is 30.6 Å². The van der Waals surface area contributed by atoms with Crippen LogP contribution in [0.25, 0.3) is 0 Å². The van der Waals surface area contributed by atoms with Gasteiger partial charge in [-0.1, -0.05) is 13.8 Å². The van der Waals surface area contributed by atoms with Crippen molar-refractivity contribution < 1.29 is 14.1 Å². The summed E-state index contributed by atoms with van der Waals surface area (Å²) < 4.78 is 13.5. The molecule has 0 spiro atoms. The number of rotatable bonds is 8. The molecule has 1 aromatic carbocycles. The van der Waals surface area contributed by atoms with E-state index in [0.29, 0.717) is 6.54 Å². The van der Waals surface area contributed by atoms with Crippen LogP contribution in [-0.4, -0.2) is 41.9 Å². The highest BCUT2D eigenvalue weighted by atomic mass is 19.1. The van der Waals surface area contributed by atoms with Crippen LogP contribution < -0.4 is 5.32 Å². The van der Waals surface area contributed by atoms with Gasteiger partial charge in [-0.25, -0.2) is 4.39 Å². The van der Waals surface area contributed by atoms with E-state index in [2.05, 4.69) is 24.1 Å². The van der Waals surface area contributed by atoms with Crippen molar-refractivity contribution in [1.82, 2.24) is 10.2 Å². The average molecular weight is 297 g/mol. The first-order valence-electron chi connectivity index (χ1n) is 6.94. The summed E-state index contributed by atoms with van der Waals surface area (Å²) in [4.78, 5) is 24.0. The summed E-state index contributed by atoms with van der Waals surface area (Å²) in [6.07, 6.45) is 0.740. The average Bonchev–Trinajstić information content (AvgIpc) is 2.47. The number of nitrogens with zero attached hydrogens (tertiary/aromatic N) is 2. The molecular weight excluding hydrogens is 277 g/mol. The predicted octanol–water partition coefficient (Wildman–Crippen LogP) is 2.20. The molecule has 1 aromatic rings. The topological polar surface area (TPSA) is 75.5 Å². The number of nitro benzene ring substituents is 1. The van der Waals surface area contributed by atoms with E-state index in [1.54, 1.807) is 0 Å². The molecule has 0 aromatic heterocycles. The predicted molar refractivity (Wildman–Crippen MR) is 77.8 cm³/mol. The van der Waals surface area contributed by atoms with Crippen LogP contribution in [0.4, 0.5) is 10.1 Å². The van der Waals surface area contributed by atoms with E-state index in [1.807, 2.05) is 0 Å². The van der Waals surface area contributed by atoms with Gasteiger partial charge in [-0.15, -0.1) is 0 Å². The molecule has 0 aliphatic carbocycles. The summed E-state index contributed by atoms with van der Waals surface area (Å²) in [5.41, 5.74) is -0.600. The fourth-order valence-corrected chi connectivity index (χ4v) is 1.94.